The number of ether oxygens (including phenoxy) is 2. The third-order valence-corrected chi connectivity index (χ3v) is 3.58. The fraction of sp³-hybridized carbons (Fsp3) is 0.316. The number of amides is 1. The predicted molar refractivity (Wildman–Crippen MR) is 98.0 cm³/mol. The molecule has 0 heterocycles. The molecule has 0 aliphatic rings. The Bertz CT molecular complexity index is 681. The van der Waals surface area contributed by atoms with Gasteiger partial charge in [-0.25, -0.2) is 4.79 Å². The SMILES string of the molecule is CC(C)(C)OC(=O)NCc1ccc(Br)cc1OCc1ccccc1. The molecule has 2 aromatic carbocycles. The van der Waals surface area contributed by atoms with Crippen LogP contribution in [0.4, 0.5) is 4.79 Å². The molecule has 0 spiro atoms. The highest BCUT2D eigenvalue weighted by molar-refractivity contribution is 9.10. The van der Waals surface area contributed by atoms with Crippen molar-refractivity contribution < 1.29 is 14.3 Å². The van der Waals surface area contributed by atoms with Gasteiger partial charge >= 0.3 is 6.09 Å². The molecule has 0 atom stereocenters. The van der Waals surface area contributed by atoms with Crippen LogP contribution in [0.1, 0.15) is 31.9 Å². The van der Waals surface area contributed by atoms with Crippen molar-refractivity contribution >= 4 is 22.0 Å². The van der Waals surface area contributed by atoms with Crippen molar-refractivity contribution in [1.82, 2.24) is 5.32 Å². The molecule has 0 saturated heterocycles. The molecule has 0 fully saturated rings. The van der Waals surface area contributed by atoms with Crippen LogP contribution in [0.25, 0.3) is 0 Å². The van der Waals surface area contributed by atoms with E-state index in [1.165, 1.54) is 0 Å². The van der Waals surface area contributed by atoms with Gasteiger partial charge in [0.2, 0.25) is 0 Å². The number of nitrogens with one attached hydrogen (secondary N) is 1. The summed E-state index contributed by atoms with van der Waals surface area (Å²) >= 11 is 3.45. The zero-order chi connectivity index (χ0) is 17.6. The minimum atomic E-state index is -0.517. The van der Waals surface area contributed by atoms with Gasteiger partial charge in [0, 0.05) is 16.6 Å². The topological polar surface area (TPSA) is 47.6 Å². The van der Waals surface area contributed by atoms with E-state index in [1.54, 1.807) is 0 Å². The van der Waals surface area contributed by atoms with Crippen molar-refractivity contribution in [1.29, 1.82) is 0 Å². The average molecular weight is 392 g/mol. The van der Waals surface area contributed by atoms with E-state index in [4.69, 9.17) is 9.47 Å². The molecule has 0 unspecified atom stereocenters. The molecule has 128 valence electrons. The lowest BCUT2D eigenvalue weighted by molar-refractivity contribution is 0.0523. The van der Waals surface area contributed by atoms with E-state index in [9.17, 15) is 4.79 Å². The van der Waals surface area contributed by atoms with E-state index in [0.717, 1.165) is 21.3 Å². The Balaban J connectivity index is 2.00. The summed E-state index contributed by atoms with van der Waals surface area (Å²) in [5, 5.41) is 2.76. The highest BCUT2D eigenvalue weighted by Crippen LogP contribution is 2.25. The Labute approximate surface area is 151 Å². The maximum atomic E-state index is 11.8. The molecule has 4 nitrogen and oxygen atoms in total. The van der Waals surface area contributed by atoms with E-state index < -0.39 is 11.7 Å². The van der Waals surface area contributed by atoms with E-state index in [0.29, 0.717) is 13.2 Å². The Morgan fingerprint density at radius 1 is 1.12 bits per heavy atom. The van der Waals surface area contributed by atoms with Gasteiger partial charge in [0.25, 0.3) is 0 Å². The molecule has 0 saturated carbocycles. The van der Waals surface area contributed by atoms with E-state index in [2.05, 4.69) is 21.2 Å². The third-order valence-electron chi connectivity index (χ3n) is 3.09. The minimum absolute atomic E-state index is 0.340. The van der Waals surface area contributed by atoms with Crippen molar-refractivity contribution in [2.45, 2.75) is 39.5 Å². The lowest BCUT2D eigenvalue weighted by Crippen LogP contribution is -2.32. The summed E-state index contributed by atoms with van der Waals surface area (Å²) in [7, 11) is 0. The van der Waals surface area contributed by atoms with E-state index in [-0.39, 0.29) is 0 Å². The Hall–Kier alpha value is -2.01. The number of hydrogen-bond acceptors (Lipinski definition) is 3. The second-order valence-electron chi connectivity index (χ2n) is 6.38. The first kappa shape index (κ1) is 18.3. The first-order valence-corrected chi connectivity index (χ1v) is 8.55. The number of carbonyl (C=O) groups excluding carboxylic acids is 1. The summed E-state index contributed by atoms with van der Waals surface area (Å²) in [5.74, 6) is 0.726. The highest BCUT2D eigenvalue weighted by Gasteiger charge is 2.16. The lowest BCUT2D eigenvalue weighted by Gasteiger charge is -2.20. The van der Waals surface area contributed by atoms with E-state index >= 15 is 0 Å². The van der Waals surface area contributed by atoms with Crippen LogP contribution < -0.4 is 10.1 Å². The van der Waals surface area contributed by atoms with Gasteiger partial charge in [0.05, 0.1) is 0 Å². The smallest absolute Gasteiger partial charge is 0.407 e. The number of alkyl carbamates (subject to hydrolysis) is 1. The van der Waals surface area contributed by atoms with Gasteiger partial charge in [-0.2, -0.15) is 0 Å². The van der Waals surface area contributed by atoms with Crippen molar-refractivity contribution in [2.24, 2.45) is 0 Å². The van der Waals surface area contributed by atoms with Gasteiger partial charge in [0.1, 0.15) is 18.0 Å². The van der Waals surface area contributed by atoms with Gasteiger partial charge in [-0.05, 0) is 38.5 Å². The summed E-state index contributed by atoms with van der Waals surface area (Å²) in [6, 6.07) is 15.7. The minimum Gasteiger partial charge on any atom is -0.489 e. The Morgan fingerprint density at radius 3 is 2.50 bits per heavy atom. The fourth-order valence-corrected chi connectivity index (χ4v) is 2.37. The largest absolute Gasteiger partial charge is 0.489 e. The first-order chi connectivity index (χ1) is 11.3. The predicted octanol–water partition coefficient (Wildman–Crippen LogP) is 5.05. The van der Waals surface area contributed by atoms with Gasteiger partial charge in [-0.3, -0.25) is 0 Å². The molecule has 1 amide bonds. The van der Waals surface area contributed by atoms with Crippen LogP contribution in [0.5, 0.6) is 5.75 Å². The molecule has 1 N–H and O–H groups in total. The quantitative estimate of drug-likeness (QED) is 0.775. The highest BCUT2D eigenvalue weighted by atomic mass is 79.9. The molecule has 24 heavy (non-hydrogen) atoms. The first-order valence-electron chi connectivity index (χ1n) is 7.75. The summed E-state index contributed by atoms with van der Waals surface area (Å²) < 4.78 is 12.1. The molecule has 0 radical (unpaired) electrons. The second kappa shape index (κ2) is 8.20. The molecular formula is C19H22BrNO3. The average Bonchev–Trinajstić information content (AvgIpc) is 2.51. The summed E-state index contributed by atoms with van der Waals surface area (Å²) in [5.41, 5.74) is 1.46. The lowest BCUT2D eigenvalue weighted by atomic mass is 10.2. The molecule has 0 bridgehead atoms. The van der Waals surface area contributed by atoms with Gasteiger partial charge in [0.15, 0.2) is 0 Å². The maximum absolute atomic E-state index is 11.8. The van der Waals surface area contributed by atoms with Crippen LogP contribution in [0.2, 0.25) is 0 Å². The molecule has 5 heteroatoms. The van der Waals surface area contributed by atoms with Crippen LogP contribution in [-0.2, 0) is 17.9 Å². The van der Waals surface area contributed by atoms with Crippen molar-refractivity contribution in [3.05, 3.63) is 64.1 Å². The van der Waals surface area contributed by atoms with Gasteiger partial charge in [-0.15, -0.1) is 0 Å². The summed E-state index contributed by atoms with van der Waals surface area (Å²) in [6.07, 6.45) is -0.445. The van der Waals surface area contributed by atoms with Crippen molar-refractivity contribution in [3.63, 3.8) is 0 Å². The van der Waals surface area contributed by atoms with E-state index in [1.807, 2.05) is 69.3 Å². The number of hydrogen-bond donors (Lipinski definition) is 1. The fourth-order valence-electron chi connectivity index (χ4n) is 2.03. The Kier molecular flexibility index (Phi) is 6.26. The van der Waals surface area contributed by atoms with Crippen LogP contribution in [0, 0.1) is 0 Å². The van der Waals surface area contributed by atoms with Crippen LogP contribution in [0.3, 0.4) is 0 Å². The molecule has 0 aliphatic carbocycles. The van der Waals surface area contributed by atoms with Gasteiger partial charge < -0.3 is 14.8 Å². The maximum Gasteiger partial charge on any atom is 0.407 e. The van der Waals surface area contributed by atoms with Crippen LogP contribution in [0.15, 0.2) is 53.0 Å². The zero-order valence-corrected chi connectivity index (χ0v) is 15.7. The molecule has 2 aromatic rings. The number of halogens is 1. The van der Waals surface area contributed by atoms with Crippen LogP contribution in [-0.4, -0.2) is 11.7 Å². The normalized spacial score (nSPS) is 11.0. The molecule has 0 aromatic heterocycles. The van der Waals surface area contributed by atoms with Crippen molar-refractivity contribution in [3.8, 4) is 5.75 Å². The standard InChI is InChI=1S/C19H22BrNO3/c1-19(2,3)24-18(22)21-12-15-9-10-16(20)11-17(15)23-13-14-7-5-4-6-8-14/h4-11H,12-13H2,1-3H3,(H,21,22). The number of rotatable bonds is 5. The molecular weight excluding hydrogens is 370 g/mol. The third kappa shape index (κ3) is 6.24. The number of benzene rings is 2. The Morgan fingerprint density at radius 2 is 1.83 bits per heavy atom. The number of carbonyl (C=O) groups is 1. The molecule has 0 aliphatic heterocycles. The second-order valence-corrected chi connectivity index (χ2v) is 7.30. The summed E-state index contributed by atoms with van der Waals surface area (Å²) in [4.78, 5) is 11.8. The molecule has 2 rings (SSSR count). The zero-order valence-electron chi connectivity index (χ0n) is 14.1. The summed E-state index contributed by atoms with van der Waals surface area (Å²) in [6.45, 7) is 6.31. The van der Waals surface area contributed by atoms with Crippen molar-refractivity contribution in [2.75, 3.05) is 0 Å². The van der Waals surface area contributed by atoms with Crippen LogP contribution >= 0.6 is 15.9 Å². The van der Waals surface area contributed by atoms with Gasteiger partial charge in [-0.1, -0.05) is 52.3 Å². The monoisotopic (exact) mass is 391 g/mol.